The second kappa shape index (κ2) is 6.37. The Labute approximate surface area is 123 Å². The fourth-order valence-corrected chi connectivity index (χ4v) is 2.07. The molecule has 0 fully saturated rings. The summed E-state index contributed by atoms with van der Waals surface area (Å²) in [6.07, 6.45) is -1.06. The molecule has 0 amide bonds. The summed E-state index contributed by atoms with van der Waals surface area (Å²) in [4.78, 5) is 10.3. The highest BCUT2D eigenvalue weighted by Gasteiger charge is 2.17. The van der Waals surface area contributed by atoms with Crippen molar-refractivity contribution >= 4 is 5.69 Å². The smallest absolute Gasteiger partial charge is 0.270 e. The van der Waals surface area contributed by atoms with Crippen LogP contribution in [0.1, 0.15) is 37.2 Å². The van der Waals surface area contributed by atoms with Gasteiger partial charge in [-0.3, -0.25) is 10.1 Å². The monoisotopic (exact) mass is 287 g/mol. The maximum atomic E-state index is 10.8. The Bertz CT molecular complexity index is 625. The minimum atomic E-state index is -0.845. The predicted octanol–water partition coefficient (Wildman–Crippen LogP) is 3.79. The van der Waals surface area contributed by atoms with Crippen molar-refractivity contribution in [1.29, 1.82) is 0 Å². The van der Waals surface area contributed by atoms with E-state index in [1.165, 1.54) is 18.2 Å². The summed E-state index contributed by atoms with van der Waals surface area (Å²) in [6, 6.07) is 13.9. The largest absolute Gasteiger partial charge is 0.486 e. The van der Waals surface area contributed by atoms with Crippen LogP contribution in [0.3, 0.4) is 0 Å². The first-order valence-corrected chi connectivity index (χ1v) is 6.67. The number of benzene rings is 2. The lowest BCUT2D eigenvalue weighted by atomic mass is 10.1. The van der Waals surface area contributed by atoms with Gasteiger partial charge in [0.2, 0.25) is 0 Å². The van der Waals surface area contributed by atoms with Gasteiger partial charge in [0, 0.05) is 17.7 Å². The minimum absolute atomic E-state index is 0.0642. The first-order chi connectivity index (χ1) is 9.99. The average molecular weight is 287 g/mol. The fourth-order valence-electron chi connectivity index (χ4n) is 2.07. The molecular weight excluding hydrogens is 270 g/mol. The summed E-state index contributed by atoms with van der Waals surface area (Å²) in [5.41, 5.74) is 1.34. The molecule has 0 aliphatic heterocycles. The number of ether oxygens (including phenoxy) is 1. The molecule has 0 heterocycles. The van der Waals surface area contributed by atoms with Crippen LogP contribution < -0.4 is 4.74 Å². The maximum absolute atomic E-state index is 10.8. The Morgan fingerprint density at radius 2 is 1.81 bits per heavy atom. The summed E-state index contributed by atoms with van der Waals surface area (Å²) in [7, 11) is 0. The number of nitro benzene ring substituents is 1. The molecule has 21 heavy (non-hydrogen) atoms. The Hall–Kier alpha value is -2.40. The van der Waals surface area contributed by atoms with Gasteiger partial charge in [0.05, 0.1) is 11.0 Å². The molecule has 0 radical (unpaired) electrons. The van der Waals surface area contributed by atoms with Crippen molar-refractivity contribution in [3.8, 4) is 5.75 Å². The number of nitro groups is 1. The zero-order valence-electron chi connectivity index (χ0n) is 11.9. The quantitative estimate of drug-likeness (QED) is 0.670. The first-order valence-electron chi connectivity index (χ1n) is 6.67. The number of hydrogen-bond acceptors (Lipinski definition) is 4. The lowest BCUT2D eigenvalue weighted by Crippen LogP contribution is -2.06. The zero-order valence-corrected chi connectivity index (χ0v) is 11.9. The summed E-state index contributed by atoms with van der Waals surface area (Å²) in [5, 5.41) is 20.6. The maximum Gasteiger partial charge on any atom is 0.270 e. The van der Waals surface area contributed by atoms with Crippen LogP contribution in [0.15, 0.2) is 48.5 Å². The van der Waals surface area contributed by atoms with Gasteiger partial charge < -0.3 is 9.84 Å². The first kappa shape index (κ1) is 15.0. The van der Waals surface area contributed by atoms with Gasteiger partial charge >= 0.3 is 0 Å². The van der Waals surface area contributed by atoms with Crippen LogP contribution in [0, 0.1) is 10.1 Å². The number of aliphatic hydroxyl groups excluding tert-OH is 1. The molecule has 2 aromatic carbocycles. The lowest BCUT2D eigenvalue weighted by Gasteiger charge is -2.18. The standard InChI is InChI=1S/C16H17NO4/c1-11(18)15-10-14(17(19)20)8-9-16(15)21-12(2)13-6-4-3-5-7-13/h3-12,18H,1-2H3. The van der Waals surface area contributed by atoms with Gasteiger partial charge in [0.15, 0.2) is 0 Å². The highest BCUT2D eigenvalue weighted by atomic mass is 16.6. The number of rotatable bonds is 5. The van der Waals surface area contributed by atoms with Crippen molar-refractivity contribution in [2.24, 2.45) is 0 Å². The highest BCUT2D eigenvalue weighted by molar-refractivity contribution is 5.45. The average Bonchev–Trinajstić information content (AvgIpc) is 2.48. The van der Waals surface area contributed by atoms with E-state index in [4.69, 9.17) is 4.74 Å². The lowest BCUT2D eigenvalue weighted by molar-refractivity contribution is -0.385. The van der Waals surface area contributed by atoms with E-state index < -0.39 is 11.0 Å². The van der Waals surface area contributed by atoms with Crippen molar-refractivity contribution in [3.05, 3.63) is 69.8 Å². The van der Waals surface area contributed by atoms with Gasteiger partial charge in [-0.25, -0.2) is 0 Å². The molecule has 0 aliphatic rings. The van der Waals surface area contributed by atoms with E-state index >= 15 is 0 Å². The summed E-state index contributed by atoms with van der Waals surface area (Å²) < 4.78 is 5.84. The molecule has 0 spiro atoms. The predicted molar refractivity (Wildman–Crippen MR) is 79.2 cm³/mol. The van der Waals surface area contributed by atoms with E-state index in [1.807, 2.05) is 37.3 Å². The van der Waals surface area contributed by atoms with E-state index in [2.05, 4.69) is 0 Å². The molecule has 2 aromatic rings. The third-order valence-corrected chi connectivity index (χ3v) is 3.23. The van der Waals surface area contributed by atoms with Crippen LogP contribution in [0.2, 0.25) is 0 Å². The van der Waals surface area contributed by atoms with Gasteiger partial charge in [-0.2, -0.15) is 0 Å². The Morgan fingerprint density at radius 3 is 2.38 bits per heavy atom. The van der Waals surface area contributed by atoms with Crippen LogP contribution in [0.4, 0.5) is 5.69 Å². The summed E-state index contributed by atoms with van der Waals surface area (Å²) >= 11 is 0. The Balaban J connectivity index is 2.29. The molecule has 2 unspecified atom stereocenters. The molecule has 2 rings (SSSR count). The molecule has 0 saturated heterocycles. The number of aliphatic hydroxyl groups is 1. The van der Waals surface area contributed by atoms with Crippen molar-refractivity contribution in [2.45, 2.75) is 26.1 Å². The van der Waals surface area contributed by atoms with Crippen LogP contribution in [0.5, 0.6) is 5.75 Å². The van der Waals surface area contributed by atoms with Crippen molar-refractivity contribution in [1.82, 2.24) is 0 Å². The topological polar surface area (TPSA) is 72.6 Å². The summed E-state index contributed by atoms with van der Waals surface area (Å²) in [6.45, 7) is 3.45. The minimum Gasteiger partial charge on any atom is -0.486 e. The third-order valence-electron chi connectivity index (χ3n) is 3.23. The molecule has 5 heteroatoms. The van der Waals surface area contributed by atoms with Crippen molar-refractivity contribution in [2.75, 3.05) is 0 Å². The van der Waals surface area contributed by atoms with Gasteiger partial charge in [0.1, 0.15) is 11.9 Å². The van der Waals surface area contributed by atoms with Gasteiger partial charge in [0.25, 0.3) is 5.69 Å². The molecule has 110 valence electrons. The normalized spacial score (nSPS) is 13.5. The van der Waals surface area contributed by atoms with E-state index in [9.17, 15) is 15.2 Å². The summed E-state index contributed by atoms with van der Waals surface area (Å²) in [5.74, 6) is 0.451. The fraction of sp³-hybridized carbons (Fsp3) is 0.250. The third kappa shape index (κ3) is 3.58. The number of nitrogens with zero attached hydrogens (tertiary/aromatic N) is 1. The van der Waals surface area contributed by atoms with E-state index in [1.54, 1.807) is 6.92 Å². The van der Waals surface area contributed by atoms with Crippen LogP contribution in [0.25, 0.3) is 0 Å². The van der Waals surface area contributed by atoms with E-state index in [0.29, 0.717) is 11.3 Å². The number of hydrogen-bond donors (Lipinski definition) is 1. The SMILES string of the molecule is CC(O)c1cc([N+](=O)[O-])ccc1OC(C)c1ccccc1. The molecule has 0 bridgehead atoms. The molecule has 5 nitrogen and oxygen atoms in total. The molecular formula is C16H17NO4. The van der Waals surface area contributed by atoms with Crippen LogP contribution in [-0.2, 0) is 0 Å². The second-order valence-corrected chi connectivity index (χ2v) is 4.83. The Kier molecular flexibility index (Phi) is 4.55. The van der Waals surface area contributed by atoms with Gasteiger partial charge in [-0.1, -0.05) is 30.3 Å². The molecule has 0 saturated carbocycles. The van der Waals surface area contributed by atoms with Crippen molar-refractivity contribution < 1.29 is 14.8 Å². The number of non-ortho nitro benzene ring substituents is 1. The highest BCUT2D eigenvalue weighted by Crippen LogP contribution is 2.32. The van der Waals surface area contributed by atoms with E-state index in [-0.39, 0.29) is 11.8 Å². The van der Waals surface area contributed by atoms with E-state index in [0.717, 1.165) is 5.56 Å². The molecule has 0 aromatic heterocycles. The van der Waals surface area contributed by atoms with Crippen LogP contribution in [-0.4, -0.2) is 10.0 Å². The Morgan fingerprint density at radius 1 is 1.14 bits per heavy atom. The van der Waals surface area contributed by atoms with Crippen molar-refractivity contribution in [3.63, 3.8) is 0 Å². The van der Waals surface area contributed by atoms with Gasteiger partial charge in [-0.05, 0) is 25.5 Å². The molecule has 0 aliphatic carbocycles. The molecule has 2 atom stereocenters. The second-order valence-electron chi connectivity index (χ2n) is 4.83. The zero-order chi connectivity index (χ0) is 15.4. The van der Waals surface area contributed by atoms with Gasteiger partial charge in [-0.15, -0.1) is 0 Å². The van der Waals surface area contributed by atoms with Crippen LogP contribution >= 0.6 is 0 Å². The molecule has 1 N–H and O–H groups in total.